The van der Waals surface area contributed by atoms with Crippen molar-refractivity contribution >= 4 is 40.2 Å². The molecule has 1 aliphatic heterocycles. The van der Waals surface area contributed by atoms with Crippen molar-refractivity contribution in [1.82, 2.24) is 9.88 Å². The predicted molar refractivity (Wildman–Crippen MR) is 105 cm³/mol. The highest BCUT2D eigenvalue weighted by molar-refractivity contribution is 6.35. The lowest BCUT2D eigenvalue weighted by Gasteiger charge is -2.34. The molecule has 1 atom stereocenters. The zero-order chi connectivity index (χ0) is 19.0. The lowest BCUT2D eigenvalue weighted by molar-refractivity contribution is 0.0503. The first kappa shape index (κ1) is 18.3. The summed E-state index contributed by atoms with van der Waals surface area (Å²) in [5.74, 6) is 0.296. The number of halogens is 2. The van der Waals surface area contributed by atoms with Crippen molar-refractivity contribution in [1.29, 1.82) is 0 Å². The van der Waals surface area contributed by atoms with Gasteiger partial charge in [-0.05, 0) is 55.7 Å². The summed E-state index contributed by atoms with van der Waals surface area (Å²) in [5.41, 5.74) is 2.36. The summed E-state index contributed by atoms with van der Waals surface area (Å²) < 4.78 is 5.85. The summed E-state index contributed by atoms with van der Waals surface area (Å²) in [6.07, 6.45) is 2.81. The van der Waals surface area contributed by atoms with Gasteiger partial charge in [-0.15, -0.1) is 0 Å². The molecule has 1 N–H and O–H groups in total. The van der Waals surface area contributed by atoms with E-state index in [1.54, 1.807) is 41.3 Å². The van der Waals surface area contributed by atoms with Crippen LogP contribution in [0.5, 0.6) is 0 Å². The Morgan fingerprint density at radius 2 is 1.96 bits per heavy atom. The molecule has 4 rings (SSSR count). The van der Waals surface area contributed by atoms with Crippen LogP contribution in [-0.2, 0) is 0 Å². The van der Waals surface area contributed by atoms with Crippen molar-refractivity contribution in [2.75, 3.05) is 13.2 Å². The Hall–Kier alpha value is -2.08. The van der Waals surface area contributed by atoms with Gasteiger partial charge in [0.2, 0.25) is 5.89 Å². The number of fused-ring (bicyclic) bond motifs is 1. The Morgan fingerprint density at radius 3 is 2.70 bits per heavy atom. The lowest BCUT2D eigenvalue weighted by Crippen LogP contribution is -2.45. The van der Waals surface area contributed by atoms with Crippen LogP contribution in [0.2, 0.25) is 10.0 Å². The quantitative estimate of drug-likeness (QED) is 0.681. The van der Waals surface area contributed by atoms with Gasteiger partial charge in [-0.3, -0.25) is 4.79 Å². The molecule has 140 valence electrons. The van der Waals surface area contributed by atoms with E-state index < -0.39 is 0 Å². The average Bonchev–Trinajstić information content (AvgIpc) is 3.10. The van der Waals surface area contributed by atoms with Crippen molar-refractivity contribution in [2.45, 2.75) is 25.3 Å². The third kappa shape index (κ3) is 3.68. The predicted octanol–water partition coefficient (Wildman–Crippen LogP) is 4.79. The van der Waals surface area contributed by atoms with Crippen molar-refractivity contribution < 1.29 is 14.3 Å². The SMILES string of the molecule is O=C(c1ccc2nc(-c3cc(Cl)cc(Cl)c3)oc2c1)N1CCCCC1CO. The maximum Gasteiger partial charge on any atom is 0.254 e. The normalized spacial score (nSPS) is 17.4. The van der Waals surface area contributed by atoms with Crippen LogP contribution in [0.3, 0.4) is 0 Å². The third-order valence-corrected chi connectivity index (χ3v) is 5.28. The molecule has 1 aliphatic rings. The van der Waals surface area contributed by atoms with E-state index in [-0.39, 0.29) is 18.6 Å². The van der Waals surface area contributed by atoms with E-state index in [0.29, 0.717) is 44.7 Å². The topological polar surface area (TPSA) is 66.6 Å². The monoisotopic (exact) mass is 404 g/mol. The van der Waals surface area contributed by atoms with Gasteiger partial charge in [0.25, 0.3) is 5.91 Å². The number of nitrogens with zero attached hydrogens (tertiary/aromatic N) is 2. The number of hydrogen-bond acceptors (Lipinski definition) is 4. The van der Waals surface area contributed by atoms with Gasteiger partial charge in [-0.25, -0.2) is 4.98 Å². The summed E-state index contributed by atoms with van der Waals surface area (Å²) >= 11 is 12.1. The molecule has 2 heterocycles. The van der Waals surface area contributed by atoms with Crippen molar-refractivity contribution in [3.63, 3.8) is 0 Å². The molecule has 0 spiro atoms. The van der Waals surface area contributed by atoms with Crippen LogP contribution < -0.4 is 0 Å². The van der Waals surface area contributed by atoms with Gasteiger partial charge in [0, 0.05) is 27.7 Å². The smallest absolute Gasteiger partial charge is 0.254 e. The number of carbonyl (C=O) groups is 1. The standard InChI is InChI=1S/C20H18Cl2N2O3/c21-14-7-13(8-15(22)10-14)19-23-17-5-4-12(9-18(17)27-19)20(26)24-6-2-1-3-16(24)11-25/h4-5,7-10,16,25H,1-3,6,11H2. The Kier molecular flexibility index (Phi) is 5.08. The van der Waals surface area contributed by atoms with Gasteiger partial charge in [-0.2, -0.15) is 0 Å². The largest absolute Gasteiger partial charge is 0.436 e. The van der Waals surface area contributed by atoms with E-state index >= 15 is 0 Å². The highest BCUT2D eigenvalue weighted by Crippen LogP contribution is 2.30. The van der Waals surface area contributed by atoms with Gasteiger partial charge in [0.05, 0.1) is 12.6 Å². The average molecular weight is 405 g/mol. The van der Waals surface area contributed by atoms with Gasteiger partial charge in [0.1, 0.15) is 5.52 Å². The number of aliphatic hydroxyl groups is 1. The molecule has 1 fully saturated rings. The molecule has 27 heavy (non-hydrogen) atoms. The first-order valence-corrected chi connectivity index (χ1v) is 9.59. The van der Waals surface area contributed by atoms with Crippen LogP contribution in [-0.4, -0.2) is 40.1 Å². The summed E-state index contributed by atoms with van der Waals surface area (Å²) in [5, 5.41) is 10.6. The van der Waals surface area contributed by atoms with Crippen molar-refractivity contribution in [3.05, 3.63) is 52.0 Å². The van der Waals surface area contributed by atoms with E-state index in [9.17, 15) is 9.90 Å². The Morgan fingerprint density at radius 1 is 1.19 bits per heavy atom. The highest BCUT2D eigenvalue weighted by atomic mass is 35.5. The minimum atomic E-state index is -0.124. The molecule has 3 aromatic rings. The number of likely N-dealkylation sites (tertiary alicyclic amines) is 1. The van der Waals surface area contributed by atoms with Crippen LogP contribution in [0.4, 0.5) is 0 Å². The minimum Gasteiger partial charge on any atom is -0.436 e. The molecule has 0 bridgehead atoms. The van der Waals surface area contributed by atoms with Gasteiger partial charge >= 0.3 is 0 Å². The fourth-order valence-corrected chi connectivity index (χ4v) is 4.01. The first-order valence-electron chi connectivity index (χ1n) is 8.84. The second kappa shape index (κ2) is 7.50. The second-order valence-electron chi connectivity index (χ2n) is 6.69. The molecular formula is C20H18Cl2N2O3. The number of benzene rings is 2. The maximum absolute atomic E-state index is 12.9. The number of piperidine rings is 1. The summed E-state index contributed by atoms with van der Waals surface area (Å²) in [7, 11) is 0. The molecule has 1 amide bonds. The Bertz CT molecular complexity index is 982. The Balaban J connectivity index is 1.67. The number of aromatic nitrogens is 1. The molecule has 1 saturated heterocycles. The van der Waals surface area contributed by atoms with E-state index in [1.165, 1.54) is 0 Å². The minimum absolute atomic E-state index is 0.0179. The molecule has 7 heteroatoms. The fraction of sp³-hybridized carbons (Fsp3) is 0.300. The Labute approximate surface area is 166 Å². The summed E-state index contributed by atoms with van der Waals surface area (Å²) in [4.78, 5) is 19.1. The first-order chi connectivity index (χ1) is 13.0. The van der Waals surface area contributed by atoms with Gasteiger partial charge in [-0.1, -0.05) is 23.2 Å². The summed E-state index contributed by atoms with van der Waals surface area (Å²) in [6.45, 7) is 0.640. The number of carbonyl (C=O) groups excluding carboxylic acids is 1. The third-order valence-electron chi connectivity index (χ3n) is 4.84. The number of hydrogen-bond donors (Lipinski definition) is 1. The molecule has 5 nitrogen and oxygen atoms in total. The van der Waals surface area contributed by atoms with Crippen LogP contribution in [0, 0.1) is 0 Å². The van der Waals surface area contributed by atoms with E-state index in [1.807, 2.05) is 0 Å². The van der Waals surface area contributed by atoms with Crippen LogP contribution in [0.15, 0.2) is 40.8 Å². The second-order valence-corrected chi connectivity index (χ2v) is 7.56. The van der Waals surface area contributed by atoms with Gasteiger partial charge < -0.3 is 14.4 Å². The van der Waals surface area contributed by atoms with E-state index in [0.717, 1.165) is 19.3 Å². The zero-order valence-corrected chi connectivity index (χ0v) is 16.0. The fourth-order valence-electron chi connectivity index (χ4n) is 3.48. The van der Waals surface area contributed by atoms with Crippen LogP contribution >= 0.6 is 23.2 Å². The van der Waals surface area contributed by atoms with Crippen molar-refractivity contribution in [3.8, 4) is 11.5 Å². The van der Waals surface area contributed by atoms with Gasteiger partial charge in [0.15, 0.2) is 5.58 Å². The molecular weight excluding hydrogens is 387 g/mol. The molecule has 2 aromatic carbocycles. The number of aliphatic hydroxyl groups excluding tert-OH is 1. The molecule has 0 saturated carbocycles. The van der Waals surface area contributed by atoms with Crippen LogP contribution in [0.1, 0.15) is 29.6 Å². The molecule has 1 unspecified atom stereocenters. The molecule has 0 radical (unpaired) electrons. The highest BCUT2D eigenvalue weighted by Gasteiger charge is 2.27. The zero-order valence-electron chi connectivity index (χ0n) is 14.5. The molecule has 1 aromatic heterocycles. The number of amides is 1. The lowest BCUT2D eigenvalue weighted by atomic mass is 10.0. The van der Waals surface area contributed by atoms with Crippen LogP contribution in [0.25, 0.3) is 22.6 Å². The number of rotatable bonds is 3. The maximum atomic E-state index is 12.9. The molecule has 0 aliphatic carbocycles. The number of oxazole rings is 1. The van der Waals surface area contributed by atoms with E-state index in [2.05, 4.69) is 4.98 Å². The summed E-state index contributed by atoms with van der Waals surface area (Å²) in [6, 6.07) is 10.2. The van der Waals surface area contributed by atoms with E-state index in [4.69, 9.17) is 27.6 Å². The van der Waals surface area contributed by atoms with Crippen molar-refractivity contribution in [2.24, 2.45) is 0 Å².